The Kier molecular flexibility index (Phi) is 3.46. The van der Waals surface area contributed by atoms with E-state index >= 15 is 0 Å². The van der Waals surface area contributed by atoms with Crippen LogP contribution in [-0.4, -0.2) is 20.7 Å². The molecule has 88 valence electrons. The van der Waals surface area contributed by atoms with Gasteiger partial charge in [-0.05, 0) is 12.1 Å². The second-order valence-corrected chi connectivity index (χ2v) is 3.48. The standard InChI is InChI=1S/C11H13N5O/c12-6-10-13-8-16(15-10)7-11(17)14-9-4-2-1-3-5-9/h1-5,8H,6-7,12H2,(H,14,17). The molecule has 2 rings (SSSR count). The molecule has 3 N–H and O–H groups in total. The number of hydrogen-bond acceptors (Lipinski definition) is 4. The lowest BCUT2D eigenvalue weighted by Crippen LogP contribution is -2.19. The topological polar surface area (TPSA) is 85.8 Å². The van der Waals surface area contributed by atoms with Gasteiger partial charge in [0.05, 0.1) is 6.54 Å². The van der Waals surface area contributed by atoms with Crippen LogP contribution in [0.1, 0.15) is 5.82 Å². The van der Waals surface area contributed by atoms with E-state index in [-0.39, 0.29) is 19.0 Å². The van der Waals surface area contributed by atoms with E-state index in [0.29, 0.717) is 5.82 Å². The van der Waals surface area contributed by atoms with Gasteiger partial charge in [-0.2, -0.15) is 5.10 Å². The second kappa shape index (κ2) is 5.22. The molecule has 1 heterocycles. The highest BCUT2D eigenvalue weighted by Gasteiger charge is 2.05. The largest absolute Gasteiger partial charge is 0.324 e. The van der Waals surface area contributed by atoms with E-state index in [1.165, 1.54) is 11.0 Å². The summed E-state index contributed by atoms with van der Waals surface area (Å²) in [5.74, 6) is 0.377. The zero-order chi connectivity index (χ0) is 12.1. The van der Waals surface area contributed by atoms with Crippen molar-refractivity contribution in [2.45, 2.75) is 13.1 Å². The number of amides is 1. The molecule has 0 saturated carbocycles. The van der Waals surface area contributed by atoms with Crippen LogP contribution in [0.2, 0.25) is 0 Å². The summed E-state index contributed by atoms with van der Waals surface area (Å²) in [6, 6.07) is 9.25. The molecule has 0 atom stereocenters. The van der Waals surface area contributed by atoms with Crippen LogP contribution >= 0.6 is 0 Å². The van der Waals surface area contributed by atoms with Gasteiger partial charge in [0.1, 0.15) is 12.9 Å². The third-order valence-electron chi connectivity index (χ3n) is 2.13. The fourth-order valence-electron chi connectivity index (χ4n) is 1.37. The predicted molar refractivity (Wildman–Crippen MR) is 63.0 cm³/mol. The third-order valence-corrected chi connectivity index (χ3v) is 2.13. The summed E-state index contributed by atoms with van der Waals surface area (Å²) in [7, 11) is 0. The number of aromatic nitrogens is 3. The first kappa shape index (κ1) is 11.3. The molecule has 0 aliphatic carbocycles. The minimum absolute atomic E-state index is 0.127. The van der Waals surface area contributed by atoms with Gasteiger partial charge in [0.25, 0.3) is 0 Å². The molecule has 0 radical (unpaired) electrons. The van der Waals surface area contributed by atoms with Crippen molar-refractivity contribution in [3.05, 3.63) is 42.5 Å². The Morgan fingerprint density at radius 1 is 1.35 bits per heavy atom. The maximum absolute atomic E-state index is 11.6. The van der Waals surface area contributed by atoms with E-state index < -0.39 is 0 Å². The van der Waals surface area contributed by atoms with E-state index in [1.807, 2.05) is 30.3 Å². The molecule has 2 aromatic rings. The monoisotopic (exact) mass is 231 g/mol. The first-order valence-electron chi connectivity index (χ1n) is 5.21. The molecule has 1 amide bonds. The summed E-state index contributed by atoms with van der Waals surface area (Å²) in [6.07, 6.45) is 1.49. The van der Waals surface area contributed by atoms with Gasteiger partial charge in [0.2, 0.25) is 5.91 Å². The average molecular weight is 231 g/mol. The first-order valence-corrected chi connectivity index (χ1v) is 5.21. The van der Waals surface area contributed by atoms with Crippen LogP contribution in [0.25, 0.3) is 0 Å². The maximum atomic E-state index is 11.6. The normalized spacial score (nSPS) is 10.2. The Morgan fingerprint density at radius 2 is 2.12 bits per heavy atom. The molecule has 0 fully saturated rings. The van der Waals surface area contributed by atoms with Crippen molar-refractivity contribution in [3.63, 3.8) is 0 Å². The van der Waals surface area contributed by atoms with Crippen molar-refractivity contribution in [2.24, 2.45) is 5.73 Å². The molecule has 6 heteroatoms. The first-order chi connectivity index (χ1) is 8.28. The summed E-state index contributed by atoms with van der Waals surface area (Å²) >= 11 is 0. The minimum Gasteiger partial charge on any atom is -0.324 e. The molecule has 0 bridgehead atoms. The van der Waals surface area contributed by atoms with Crippen LogP contribution in [0, 0.1) is 0 Å². The summed E-state index contributed by atoms with van der Waals surface area (Å²) < 4.78 is 1.46. The van der Waals surface area contributed by atoms with Crippen LogP contribution in [0.15, 0.2) is 36.7 Å². The van der Waals surface area contributed by atoms with E-state index in [0.717, 1.165) is 5.69 Å². The van der Waals surface area contributed by atoms with E-state index in [1.54, 1.807) is 0 Å². The van der Waals surface area contributed by atoms with E-state index in [4.69, 9.17) is 5.73 Å². The van der Waals surface area contributed by atoms with Crippen molar-refractivity contribution in [3.8, 4) is 0 Å². The quantitative estimate of drug-likeness (QED) is 0.796. The number of para-hydroxylation sites is 1. The average Bonchev–Trinajstić information content (AvgIpc) is 2.78. The molecular weight excluding hydrogens is 218 g/mol. The highest BCUT2D eigenvalue weighted by Crippen LogP contribution is 2.04. The zero-order valence-electron chi connectivity index (χ0n) is 9.21. The molecule has 0 aliphatic rings. The molecule has 0 spiro atoms. The Labute approximate surface area is 98.5 Å². The molecular formula is C11H13N5O. The van der Waals surface area contributed by atoms with Gasteiger partial charge in [-0.1, -0.05) is 18.2 Å². The summed E-state index contributed by atoms with van der Waals surface area (Å²) in [4.78, 5) is 15.6. The number of benzene rings is 1. The number of carbonyl (C=O) groups is 1. The minimum atomic E-state index is -0.148. The molecule has 0 unspecified atom stereocenters. The van der Waals surface area contributed by atoms with Crippen molar-refractivity contribution < 1.29 is 4.79 Å². The van der Waals surface area contributed by atoms with Crippen LogP contribution in [0.4, 0.5) is 5.69 Å². The number of carbonyl (C=O) groups excluding carboxylic acids is 1. The van der Waals surface area contributed by atoms with Crippen LogP contribution in [-0.2, 0) is 17.9 Å². The van der Waals surface area contributed by atoms with Crippen LogP contribution < -0.4 is 11.1 Å². The Bertz CT molecular complexity index is 494. The number of nitrogens with one attached hydrogen (secondary N) is 1. The van der Waals surface area contributed by atoms with E-state index in [2.05, 4.69) is 15.4 Å². The Hall–Kier alpha value is -2.21. The highest BCUT2D eigenvalue weighted by atomic mass is 16.2. The second-order valence-electron chi connectivity index (χ2n) is 3.48. The lowest BCUT2D eigenvalue weighted by Gasteiger charge is -2.04. The molecule has 0 saturated heterocycles. The number of hydrogen-bond donors (Lipinski definition) is 2. The van der Waals surface area contributed by atoms with Crippen molar-refractivity contribution >= 4 is 11.6 Å². The van der Waals surface area contributed by atoms with E-state index in [9.17, 15) is 4.79 Å². The van der Waals surface area contributed by atoms with Gasteiger partial charge >= 0.3 is 0 Å². The number of nitrogens with zero attached hydrogens (tertiary/aromatic N) is 3. The molecule has 6 nitrogen and oxygen atoms in total. The van der Waals surface area contributed by atoms with Gasteiger partial charge in [0.15, 0.2) is 5.82 Å². The smallest absolute Gasteiger partial charge is 0.246 e. The van der Waals surface area contributed by atoms with Gasteiger partial charge in [0, 0.05) is 5.69 Å². The van der Waals surface area contributed by atoms with Gasteiger partial charge in [-0.3, -0.25) is 4.79 Å². The number of anilines is 1. The Balaban J connectivity index is 1.93. The van der Waals surface area contributed by atoms with Crippen LogP contribution in [0.5, 0.6) is 0 Å². The third kappa shape index (κ3) is 3.12. The summed E-state index contributed by atoms with van der Waals surface area (Å²) in [5.41, 5.74) is 6.14. The zero-order valence-corrected chi connectivity index (χ0v) is 9.21. The van der Waals surface area contributed by atoms with Gasteiger partial charge in [-0.25, -0.2) is 9.67 Å². The SMILES string of the molecule is NCc1ncn(CC(=O)Nc2ccccc2)n1. The number of nitrogens with two attached hydrogens (primary N) is 1. The molecule has 0 aliphatic heterocycles. The van der Waals surface area contributed by atoms with Crippen LogP contribution in [0.3, 0.4) is 0 Å². The lowest BCUT2D eigenvalue weighted by molar-refractivity contribution is -0.116. The summed E-state index contributed by atoms with van der Waals surface area (Å²) in [5, 5.41) is 6.79. The van der Waals surface area contributed by atoms with Crippen molar-refractivity contribution in [1.29, 1.82) is 0 Å². The highest BCUT2D eigenvalue weighted by molar-refractivity contribution is 5.90. The predicted octanol–water partition coefficient (Wildman–Crippen LogP) is 0.375. The lowest BCUT2D eigenvalue weighted by atomic mass is 10.3. The van der Waals surface area contributed by atoms with Gasteiger partial charge < -0.3 is 11.1 Å². The molecule has 17 heavy (non-hydrogen) atoms. The van der Waals surface area contributed by atoms with Crippen molar-refractivity contribution in [2.75, 3.05) is 5.32 Å². The molecule has 1 aromatic carbocycles. The maximum Gasteiger partial charge on any atom is 0.246 e. The van der Waals surface area contributed by atoms with Gasteiger partial charge in [-0.15, -0.1) is 0 Å². The number of rotatable bonds is 4. The molecule has 1 aromatic heterocycles. The van der Waals surface area contributed by atoms with Crippen molar-refractivity contribution in [1.82, 2.24) is 14.8 Å². The summed E-state index contributed by atoms with van der Waals surface area (Å²) in [6.45, 7) is 0.398. The fraction of sp³-hybridized carbons (Fsp3) is 0.182. The fourth-order valence-corrected chi connectivity index (χ4v) is 1.37. The Morgan fingerprint density at radius 3 is 2.76 bits per heavy atom.